The number of nitrogens with zero attached hydrogens (tertiary/aromatic N) is 1. The van der Waals surface area contributed by atoms with Gasteiger partial charge in [0.25, 0.3) is 5.91 Å². The van der Waals surface area contributed by atoms with E-state index in [4.69, 9.17) is 16.0 Å². The van der Waals surface area contributed by atoms with Crippen LogP contribution in [0.15, 0.2) is 52.0 Å². The van der Waals surface area contributed by atoms with Gasteiger partial charge in [0, 0.05) is 29.3 Å². The second kappa shape index (κ2) is 8.67. The average molecular weight is 431 g/mol. The van der Waals surface area contributed by atoms with E-state index < -0.39 is 0 Å². The van der Waals surface area contributed by atoms with Gasteiger partial charge in [0.2, 0.25) is 5.91 Å². The summed E-state index contributed by atoms with van der Waals surface area (Å²) in [5, 5.41) is 3.88. The molecule has 2 fully saturated rings. The molecule has 5 nitrogen and oxygen atoms in total. The summed E-state index contributed by atoms with van der Waals surface area (Å²) in [5.41, 5.74) is 0.850. The molecule has 1 N–H and O–H groups in total. The summed E-state index contributed by atoms with van der Waals surface area (Å²) in [7, 11) is 1.84. The van der Waals surface area contributed by atoms with Crippen molar-refractivity contribution < 1.29 is 14.0 Å². The molecule has 0 radical (unpaired) electrons. The number of carbonyl (C=O) groups excluding carboxylic acids is 2. The number of rotatable bonds is 4. The standard InChI is InChI=1S/C22H23ClN2O3S/c1-25-18-11-15(21(26)24-13-16-6-4-10-28-16)8-9-19(18)29-20(22(25)27)12-14-5-2-3-7-17(14)23/h2-7,10,12,15,18-19H,8-9,11,13H2,1H3,(H,24,26)/b20-12-. The predicted molar refractivity (Wildman–Crippen MR) is 115 cm³/mol. The predicted octanol–water partition coefficient (Wildman–Crippen LogP) is 4.33. The maximum Gasteiger partial charge on any atom is 0.260 e. The Morgan fingerprint density at radius 1 is 1.31 bits per heavy atom. The van der Waals surface area contributed by atoms with Gasteiger partial charge in [-0.2, -0.15) is 0 Å². The number of amides is 2. The minimum Gasteiger partial charge on any atom is -0.467 e. The molecule has 0 bridgehead atoms. The van der Waals surface area contributed by atoms with Crippen molar-refractivity contribution in [2.45, 2.75) is 37.1 Å². The van der Waals surface area contributed by atoms with E-state index in [1.165, 1.54) is 0 Å². The lowest BCUT2D eigenvalue weighted by Crippen LogP contribution is -2.52. The van der Waals surface area contributed by atoms with Gasteiger partial charge in [0.05, 0.1) is 17.7 Å². The Labute approximate surface area is 179 Å². The number of fused-ring (bicyclic) bond motifs is 1. The lowest BCUT2D eigenvalue weighted by Gasteiger charge is -2.44. The number of hydrogen-bond donors (Lipinski definition) is 1. The first-order chi connectivity index (χ1) is 14.0. The Kier molecular flexibility index (Phi) is 6.01. The fraction of sp³-hybridized carbons (Fsp3) is 0.364. The molecule has 152 valence electrons. The summed E-state index contributed by atoms with van der Waals surface area (Å²) in [5.74, 6) is 0.675. The largest absolute Gasteiger partial charge is 0.467 e. The summed E-state index contributed by atoms with van der Waals surface area (Å²) >= 11 is 7.88. The van der Waals surface area contributed by atoms with E-state index in [1.807, 2.05) is 43.5 Å². The first-order valence-corrected chi connectivity index (χ1v) is 11.0. The Hall–Kier alpha value is -2.18. The van der Waals surface area contributed by atoms with E-state index in [0.29, 0.717) is 28.1 Å². The van der Waals surface area contributed by atoms with Crippen molar-refractivity contribution in [1.82, 2.24) is 10.2 Å². The molecule has 3 atom stereocenters. The topological polar surface area (TPSA) is 62.6 Å². The van der Waals surface area contributed by atoms with Crippen molar-refractivity contribution in [3.05, 3.63) is 63.9 Å². The lowest BCUT2D eigenvalue weighted by molar-refractivity contribution is -0.132. The Bertz CT molecular complexity index is 928. The second-order valence-electron chi connectivity index (χ2n) is 7.48. The fourth-order valence-corrected chi connectivity index (χ4v) is 5.66. The Morgan fingerprint density at radius 3 is 2.90 bits per heavy atom. The molecule has 2 aliphatic rings. The van der Waals surface area contributed by atoms with Crippen molar-refractivity contribution in [3.8, 4) is 0 Å². The molecule has 2 aromatic rings. The van der Waals surface area contributed by atoms with Gasteiger partial charge in [-0.05, 0) is 49.1 Å². The number of benzene rings is 1. The second-order valence-corrected chi connectivity index (χ2v) is 9.17. The molecular formula is C22H23ClN2O3S. The van der Waals surface area contributed by atoms with Gasteiger partial charge in [-0.3, -0.25) is 9.59 Å². The van der Waals surface area contributed by atoms with Gasteiger partial charge in [0.15, 0.2) is 0 Å². The van der Waals surface area contributed by atoms with Crippen LogP contribution in [0.25, 0.3) is 6.08 Å². The third kappa shape index (κ3) is 4.38. The summed E-state index contributed by atoms with van der Waals surface area (Å²) < 4.78 is 5.27. The molecule has 2 heterocycles. The van der Waals surface area contributed by atoms with E-state index in [1.54, 1.807) is 29.0 Å². The maximum absolute atomic E-state index is 12.9. The lowest BCUT2D eigenvalue weighted by atomic mass is 9.83. The van der Waals surface area contributed by atoms with Crippen molar-refractivity contribution in [2.24, 2.45) is 5.92 Å². The smallest absolute Gasteiger partial charge is 0.260 e. The van der Waals surface area contributed by atoms with Crippen LogP contribution >= 0.6 is 23.4 Å². The van der Waals surface area contributed by atoms with Crippen LogP contribution < -0.4 is 5.32 Å². The highest BCUT2D eigenvalue weighted by atomic mass is 35.5. The van der Waals surface area contributed by atoms with Gasteiger partial charge < -0.3 is 14.6 Å². The molecule has 29 heavy (non-hydrogen) atoms. The molecule has 0 spiro atoms. The number of carbonyl (C=O) groups is 2. The average Bonchev–Trinajstić information content (AvgIpc) is 3.25. The molecule has 3 unspecified atom stereocenters. The molecule has 1 saturated heterocycles. The minimum absolute atomic E-state index is 0.00665. The highest BCUT2D eigenvalue weighted by Crippen LogP contribution is 2.43. The van der Waals surface area contributed by atoms with Crippen LogP contribution in [0.5, 0.6) is 0 Å². The van der Waals surface area contributed by atoms with Gasteiger partial charge in [0.1, 0.15) is 5.76 Å². The normalized spacial score (nSPS) is 25.7. The van der Waals surface area contributed by atoms with E-state index in [-0.39, 0.29) is 23.8 Å². The van der Waals surface area contributed by atoms with Crippen molar-refractivity contribution >= 4 is 41.3 Å². The quantitative estimate of drug-likeness (QED) is 0.733. The van der Waals surface area contributed by atoms with Crippen LogP contribution in [-0.4, -0.2) is 35.1 Å². The van der Waals surface area contributed by atoms with Crippen LogP contribution in [-0.2, 0) is 16.1 Å². The fourth-order valence-electron chi connectivity index (χ4n) is 4.00. The molecule has 2 amide bonds. The van der Waals surface area contributed by atoms with E-state index >= 15 is 0 Å². The van der Waals surface area contributed by atoms with E-state index in [0.717, 1.165) is 24.2 Å². The van der Waals surface area contributed by atoms with E-state index in [2.05, 4.69) is 5.32 Å². The first kappa shape index (κ1) is 20.1. The van der Waals surface area contributed by atoms with Crippen LogP contribution in [0.2, 0.25) is 5.02 Å². The monoisotopic (exact) mass is 430 g/mol. The van der Waals surface area contributed by atoms with Crippen LogP contribution in [0.3, 0.4) is 0 Å². The zero-order valence-corrected chi connectivity index (χ0v) is 17.7. The summed E-state index contributed by atoms with van der Waals surface area (Å²) in [6.45, 7) is 0.394. The molecule has 7 heteroatoms. The molecule has 1 aliphatic heterocycles. The molecule has 1 aromatic heterocycles. The maximum atomic E-state index is 12.9. The zero-order chi connectivity index (χ0) is 20.4. The number of thioether (sulfide) groups is 1. The number of likely N-dealkylation sites (N-methyl/N-ethyl adjacent to an activating group) is 1. The highest BCUT2D eigenvalue weighted by Gasteiger charge is 2.42. The molecule has 4 rings (SSSR count). The number of hydrogen-bond acceptors (Lipinski definition) is 4. The van der Waals surface area contributed by atoms with Crippen LogP contribution in [0.1, 0.15) is 30.6 Å². The molecular weight excluding hydrogens is 408 g/mol. The third-order valence-electron chi connectivity index (χ3n) is 5.64. The van der Waals surface area contributed by atoms with Gasteiger partial charge in [-0.15, -0.1) is 11.8 Å². The van der Waals surface area contributed by atoms with Crippen LogP contribution in [0, 0.1) is 5.92 Å². The molecule has 1 saturated carbocycles. The molecule has 1 aliphatic carbocycles. The summed E-state index contributed by atoms with van der Waals surface area (Å²) in [6, 6.07) is 11.2. The number of furan rings is 1. The number of nitrogens with one attached hydrogen (secondary N) is 1. The summed E-state index contributed by atoms with van der Waals surface area (Å²) in [4.78, 5) is 28.1. The van der Waals surface area contributed by atoms with Crippen molar-refractivity contribution in [1.29, 1.82) is 0 Å². The highest BCUT2D eigenvalue weighted by molar-refractivity contribution is 8.04. The Balaban J connectivity index is 1.42. The first-order valence-electron chi connectivity index (χ1n) is 9.73. The van der Waals surface area contributed by atoms with E-state index in [9.17, 15) is 9.59 Å². The van der Waals surface area contributed by atoms with Gasteiger partial charge in [-0.1, -0.05) is 29.8 Å². The van der Waals surface area contributed by atoms with Crippen LogP contribution in [0.4, 0.5) is 0 Å². The summed E-state index contributed by atoms with van der Waals surface area (Å²) in [6.07, 6.45) is 5.87. The third-order valence-corrected chi connectivity index (χ3v) is 7.38. The SMILES string of the molecule is CN1C(=O)/C(=C/c2ccccc2Cl)SC2CCC(C(=O)NCc3ccco3)CC21. The molecule has 1 aromatic carbocycles. The number of halogens is 1. The van der Waals surface area contributed by atoms with Gasteiger partial charge >= 0.3 is 0 Å². The van der Waals surface area contributed by atoms with Crippen molar-refractivity contribution in [3.63, 3.8) is 0 Å². The zero-order valence-electron chi connectivity index (χ0n) is 16.1. The minimum atomic E-state index is -0.0869. The Morgan fingerprint density at radius 2 is 2.14 bits per heavy atom. The van der Waals surface area contributed by atoms with Gasteiger partial charge in [-0.25, -0.2) is 0 Å². The van der Waals surface area contributed by atoms with Crippen molar-refractivity contribution in [2.75, 3.05) is 7.05 Å².